The number of carbonyl (C=O) groups is 3. The Labute approximate surface area is 246 Å². The SMILES string of the molecule is CCCCCCCCCCCCCC(=O)OCC(COC(=O)NC(C)(C)C)OC(=O)CCCCCCCCCC. The van der Waals surface area contributed by atoms with Crippen LogP contribution in [0.1, 0.15) is 169 Å². The molecule has 0 aromatic rings. The summed E-state index contributed by atoms with van der Waals surface area (Å²) in [5.41, 5.74) is -0.444. The average Bonchev–Trinajstić information content (AvgIpc) is 2.89. The van der Waals surface area contributed by atoms with E-state index in [0.29, 0.717) is 12.8 Å². The lowest BCUT2D eigenvalue weighted by Crippen LogP contribution is -2.42. The Bertz CT molecular complexity index is 631. The topological polar surface area (TPSA) is 90.9 Å². The lowest BCUT2D eigenvalue weighted by atomic mass is 10.1. The number of rotatable bonds is 26. The molecule has 0 fully saturated rings. The summed E-state index contributed by atoms with van der Waals surface area (Å²) in [5.74, 6) is -0.656. The third-order valence-electron chi connectivity index (χ3n) is 6.82. The standard InChI is InChI=1S/C33H63NO6/c1-6-8-10-12-14-16-17-18-20-21-23-25-30(35)38-27-29(28-39-32(37)34-33(3,4)5)40-31(36)26-24-22-19-15-13-11-9-7-2/h29H,6-28H2,1-5H3,(H,34,37). The zero-order valence-corrected chi connectivity index (χ0v) is 26.8. The molecule has 7 nitrogen and oxygen atoms in total. The van der Waals surface area contributed by atoms with E-state index >= 15 is 0 Å². The van der Waals surface area contributed by atoms with Crippen molar-refractivity contribution in [1.29, 1.82) is 0 Å². The third-order valence-corrected chi connectivity index (χ3v) is 6.82. The van der Waals surface area contributed by atoms with E-state index in [2.05, 4.69) is 19.2 Å². The fourth-order valence-corrected chi connectivity index (χ4v) is 4.47. The summed E-state index contributed by atoms with van der Waals surface area (Å²) in [6.45, 7) is 9.75. The van der Waals surface area contributed by atoms with Crippen LogP contribution in [0, 0.1) is 0 Å². The van der Waals surface area contributed by atoms with E-state index in [-0.39, 0.29) is 25.2 Å². The second kappa shape index (κ2) is 26.1. The van der Waals surface area contributed by atoms with Crippen LogP contribution in [0.5, 0.6) is 0 Å². The summed E-state index contributed by atoms with van der Waals surface area (Å²) >= 11 is 0. The quantitative estimate of drug-likeness (QED) is 0.0634. The number of esters is 2. The van der Waals surface area contributed by atoms with Crippen molar-refractivity contribution < 1.29 is 28.6 Å². The maximum Gasteiger partial charge on any atom is 0.407 e. The second-order valence-electron chi connectivity index (χ2n) is 12.3. The van der Waals surface area contributed by atoms with Crippen molar-refractivity contribution in [3.8, 4) is 0 Å². The second-order valence-corrected chi connectivity index (χ2v) is 12.3. The van der Waals surface area contributed by atoms with Gasteiger partial charge in [0.15, 0.2) is 6.10 Å². The molecule has 236 valence electrons. The van der Waals surface area contributed by atoms with Crippen LogP contribution in [0.4, 0.5) is 4.79 Å². The van der Waals surface area contributed by atoms with Crippen LogP contribution in [-0.2, 0) is 23.8 Å². The Morgan fingerprint density at radius 3 is 1.35 bits per heavy atom. The van der Waals surface area contributed by atoms with E-state index in [4.69, 9.17) is 14.2 Å². The zero-order valence-electron chi connectivity index (χ0n) is 26.8. The van der Waals surface area contributed by atoms with Crippen molar-refractivity contribution in [2.45, 2.75) is 181 Å². The van der Waals surface area contributed by atoms with Gasteiger partial charge in [0.1, 0.15) is 13.2 Å². The van der Waals surface area contributed by atoms with Crippen molar-refractivity contribution >= 4 is 18.0 Å². The van der Waals surface area contributed by atoms with E-state index in [0.717, 1.165) is 38.5 Å². The first-order valence-electron chi connectivity index (χ1n) is 16.5. The van der Waals surface area contributed by atoms with E-state index in [1.54, 1.807) is 0 Å². The molecular weight excluding hydrogens is 506 g/mol. The Balaban J connectivity index is 4.27. The maximum absolute atomic E-state index is 12.4. The molecule has 1 amide bonds. The van der Waals surface area contributed by atoms with Gasteiger partial charge in [-0.2, -0.15) is 0 Å². The van der Waals surface area contributed by atoms with Crippen LogP contribution in [0.25, 0.3) is 0 Å². The van der Waals surface area contributed by atoms with Gasteiger partial charge in [0.25, 0.3) is 0 Å². The molecular formula is C33H63NO6. The van der Waals surface area contributed by atoms with Gasteiger partial charge in [-0.05, 0) is 33.6 Å². The summed E-state index contributed by atoms with van der Waals surface area (Å²) in [4.78, 5) is 36.8. The average molecular weight is 570 g/mol. The predicted octanol–water partition coefficient (Wildman–Crippen LogP) is 9.20. The molecule has 1 N–H and O–H groups in total. The van der Waals surface area contributed by atoms with Gasteiger partial charge in [0.05, 0.1) is 0 Å². The van der Waals surface area contributed by atoms with Crippen LogP contribution in [-0.4, -0.2) is 42.9 Å². The Morgan fingerprint density at radius 2 is 0.925 bits per heavy atom. The van der Waals surface area contributed by atoms with Gasteiger partial charge >= 0.3 is 18.0 Å². The number of unbranched alkanes of at least 4 members (excludes halogenated alkanes) is 17. The predicted molar refractivity (Wildman–Crippen MR) is 163 cm³/mol. The molecule has 1 unspecified atom stereocenters. The summed E-state index contributed by atoms with van der Waals surface area (Å²) in [5, 5.41) is 2.71. The number of hydrogen-bond acceptors (Lipinski definition) is 6. The number of hydrogen-bond donors (Lipinski definition) is 1. The van der Waals surface area contributed by atoms with Gasteiger partial charge in [-0.15, -0.1) is 0 Å². The first-order valence-corrected chi connectivity index (χ1v) is 16.5. The molecule has 0 saturated carbocycles. The molecule has 0 radical (unpaired) electrons. The Morgan fingerprint density at radius 1 is 0.550 bits per heavy atom. The molecule has 0 aromatic heterocycles. The summed E-state index contributed by atoms with van der Waals surface area (Å²) < 4.78 is 16.2. The van der Waals surface area contributed by atoms with Crippen LogP contribution in [0.2, 0.25) is 0 Å². The fourth-order valence-electron chi connectivity index (χ4n) is 4.47. The molecule has 0 rings (SSSR count). The molecule has 0 saturated heterocycles. The highest BCUT2D eigenvalue weighted by Gasteiger charge is 2.21. The minimum absolute atomic E-state index is 0.108. The maximum atomic E-state index is 12.4. The van der Waals surface area contributed by atoms with Gasteiger partial charge < -0.3 is 19.5 Å². The smallest absolute Gasteiger partial charge is 0.407 e. The summed E-state index contributed by atoms with van der Waals surface area (Å²) in [6.07, 6.45) is 21.8. The first kappa shape index (κ1) is 38.2. The number of alkyl carbamates (subject to hydrolysis) is 1. The molecule has 0 aromatic carbocycles. The van der Waals surface area contributed by atoms with Crippen molar-refractivity contribution in [2.75, 3.05) is 13.2 Å². The zero-order chi connectivity index (χ0) is 29.9. The molecule has 0 spiro atoms. The number of ether oxygens (including phenoxy) is 3. The van der Waals surface area contributed by atoms with Crippen molar-refractivity contribution in [3.63, 3.8) is 0 Å². The van der Waals surface area contributed by atoms with Crippen molar-refractivity contribution in [3.05, 3.63) is 0 Å². The van der Waals surface area contributed by atoms with Crippen LogP contribution in [0.3, 0.4) is 0 Å². The van der Waals surface area contributed by atoms with Gasteiger partial charge in [-0.1, -0.05) is 123 Å². The van der Waals surface area contributed by atoms with Crippen LogP contribution < -0.4 is 5.32 Å². The highest BCUT2D eigenvalue weighted by Crippen LogP contribution is 2.13. The lowest BCUT2D eigenvalue weighted by molar-refractivity contribution is -0.161. The Kier molecular flexibility index (Phi) is 25.0. The number of nitrogens with one attached hydrogen (secondary N) is 1. The van der Waals surface area contributed by atoms with Gasteiger partial charge in [0.2, 0.25) is 0 Å². The minimum Gasteiger partial charge on any atom is -0.462 e. The van der Waals surface area contributed by atoms with Crippen LogP contribution in [0.15, 0.2) is 0 Å². The van der Waals surface area contributed by atoms with Gasteiger partial charge in [-0.3, -0.25) is 9.59 Å². The van der Waals surface area contributed by atoms with Crippen molar-refractivity contribution in [2.24, 2.45) is 0 Å². The van der Waals surface area contributed by atoms with Gasteiger partial charge in [-0.25, -0.2) is 4.79 Å². The van der Waals surface area contributed by atoms with E-state index in [1.807, 2.05) is 20.8 Å². The molecule has 0 aliphatic rings. The van der Waals surface area contributed by atoms with E-state index in [9.17, 15) is 14.4 Å². The summed E-state index contributed by atoms with van der Waals surface area (Å²) in [7, 11) is 0. The summed E-state index contributed by atoms with van der Waals surface area (Å²) in [6, 6.07) is 0. The fraction of sp³-hybridized carbons (Fsp3) is 0.909. The minimum atomic E-state index is -0.812. The van der Waals surface area contributed by atoms with Crippen molar-refractivity contribution in [1.82, 2.24) is 5.32 Å². The third kappa shape index (κ3) is 27.8. The molecule has 0 aliphatic carbocycles. The van der Waals surface area contributed by atoms with E-state index in [1.165, 1.54) is 83.5 Å². The molecule has 7 heteroatoms. The van der Waals surface area contributed by atoms with Gasteiger partial charge in [0, 0.05) is 18.4 Å². The number of carbonyl (C=O) groups excluding carboxylic acids is 3. The highest BCUT2D eigenvalue weighted by molar-refractivity contribution is 5.70. The normalized spacial score (nSPS) is 12.1. The lowest BCUT2D eigenvalue weighted by Gasteiger charge is -2.22. The molecule has 0 aliphatic heterocycles. The highest BCUT2D eigenvalue weighted by atomic mass is 16.6. The molecule has 0 heterocycles. The first-order chi connectivity index (χ1) is 19.2. The monoisotopic (exact) mass is 569 g/mol. The molecule has 0 bridgehead atoms. The molecule has 1 atom stereocenters. The van der Waals surface area contributed by atoms with E-state index < -0.39 is 17.7 Å². The Hall–Kier alpha value is -1.79. The largest absolute Gasteiger partial charge is 0.462 e. The van der Waals surface area contributed by atoms with Crippen LogP contribution >= 0.6 is 0 Å². The molecule has 40 heavy (non-hydrogen) atoms. The number of amides is 1.